The summed E-state index contributed by atoms with van der Waals surface area (Å²) < 4.78 is 18.3. The Hall–Kier alpha value is -1.43. The van der Waals surface area contributed by atoms with Gasteiger partial charge in [0.2, 0.25) is 0 Å². The van der Waals surface area contributed by atoms with E-state index in [1.54, 1.807) is 11.8 Å². The van der Waals surface area contributed by atoms with Gasteiger partial charge in [0.15, 0.2) is 0 Å². The van der Waals surface area contributed by atoms with Crippen molar-refractivity contribution < 1.29 is 14.0 Å². The van der Waals surface area contributed by atoms with Gasteiger partial charge in [-0.3, -0.25) is 0 Å². The lowest BCUT2D eigenvalue weighted by molar-refractivity contribution is 0.00578. The molecule has 2 aromatic carbocycles. The van der Waals surface area contributed by atoms with E-state index in [9.17, 15) is 0 Å². The van der Waals surface area contributed by atoms with Crippen molar-refractivity contribution in [1.82, 2.24) is 0 Å². The zero-order valence-corrected chi connectivity index (χ0v) is 14.6. The molecule has 118 valence electrons. The summed E-state index contributed by atoms with van der Waals surface area (Å²) in [7, 11) is -0.365. The van der Waals surface area contributed by atoms with Gasteiger partial charge in [-0.1, -0.05) is 30.0 Å². The topological polar surface area (TPSA) is 27.7 Å². The Morgan fingerprint density at radius 3 is 2.22 bits per heavy atom. The van der Waals surface area contributed by atoms with E-state index in [0.717, 1.165) is 26.8 Å². The fourth-order valence-electron chi connectivity index (χ4n) is 2.67. The van der Waals surface area contributed by atoms with Crippen LogP contribution in [0.2, 0.25) is 0 Å². The zero-order valence-electron chi connectivity index (χ0n) is 13.8. The van der Waals surface area contributed by atoms with Gasteiger partial charge in [-0.15, -0.1) is 0 Å². The fraction of sp³-hybridized carbons (Fsp3) is 0.333. The first kappa shape index (κ1) is 15.1. The van der Waals surface area contributed by atoms with Gasteiger partial charge in [-0.2, -0.15) is 0 Å². The summed E-state index contributed by atoms with van der Waals surface area (Å²) in [6.45, 7) is 8.25. The van der Waals surface area contributed by atoms with Crippen molar-refractivity contribution in [3.63, 3.8) is 0 Å². The van der Waals surface area contributed by atoms with E-state index in [0.29, 0.717) is 0 Å². The Kier molecular flexibility index (Phi) is 3.31. The van der Waals surface area contributed by atoms with Crippen molar-refractivity contribution in [3.8, 4) is 11.5 Å². The molecule has 5 heteroatoms. The minimum atomic E-state index is -0.365. The van der Waals surface area contributed by atoms with Crippen molar-refractivity contribution in [3.05, 3.63) is 42.5 Å². The second-order valence-electron chi connectivity index (χ2n) is 6.95. The number of benzene rings is 2. The van der Waals surface area contributed by atoms with Crippen LogP contribution in [0.3, 0.4) is 0 Å². The van der Waals surface area contributed by atoms with Crippen molar-refractivity contribution in [2.45, 2.75) is 48.7 Å². The normalized spacial score (nSPS) is 20.6. The van der Waals surface area contributed by atoms with E-state index in [4.69, 9.17) is 14.0 Å². The number of ether oxygens (including phenoxy) is 1. The third kappa shape index (κ3) is 2.47. The molecule has 0 aliphatic carbocycles. The van der Waals surface area contributed by atoms with Gasteiger partial charge in [-0.25, -0.2) is 0 Å². The van der Waals surface area contributed by atoms with Crippen molar-refractivity contribution in [1.29, 1.82) is 0 Å². The standard InChI is InChI=1S/C18H19BO3S/c1-17(2)18(3,4)22-19(21-17)12-9-10-16-14(11-12)20-13-7-5-6-8-15(13)23-16/h5-11H,1-4H3. The summed E-state index contributed by atoms with van der Waals surface area (Å²) in [6, 6.07) is 14.3. The highest BCUT2D eigenvalue weighted by Crippen LogP contribution is 2.46. The molecule has 2 aromatic rings. The van der Waals surface area contributed by atoms with Crippen LogP contribution in [0, 0.1) is 0 Å². The van der Waals surface area contributed by atoms with Crippen LogP contribution in [0.25, 0.3) is 0 Å². The minimum Gasteiger partial charge on any atom is -0.455 e. The van der Waals surface area contributed by atoms with E-state index >= 15 is 0 Å². The maximum absolute atomic E-state index is 6.13. The van der Waals surface area contributed by atoms with Crippen LogP contribution in [0.5, 0.6) is 11.5 Å². The minimum absolute atomic E-state index is 0.338. The molecule has 2 aliphatic rings. The Morgan fingerprint density at radius 1 is 0.826 bits per heavy atom. The lowest BCUT2D eigenvalue weighted by atomic mass is 9.79. The quantitative estimate of drug-likeness (QED) is 0.625. The number of hydrogen-bond donors (Lipinski definition) is 0. The van der Waals surface area contributed by atoms with Crippen LogP contribution >= 0.6 is 11.8 Å². The second kappa shape index (κ2) is 5.03. The highest BCUT2D eigenvalue weighted by molar-refractivity contribution is 7.99. The van der Waals surface area contributed by atoms with Crippen LogP contribution in [0.15, 0.2) is 52.3 Å². The summed E-state index contributed by atoms with van der Waals surface area (Å²) in [5, 5.41) is 0. The smallest absolute Gasteiger partial charge is 0.455 e. The van der Waals surface area contributed by atoms with Gasteiger partial charge in [-0.05, 0) is 57.4 Å². The maximum Gasteiger partial charge on any atom is 0.494 e. The monoisotopic (exact) mass is 326 g/mol. The lowest BCUT2D eigenvalue weighted by Crippen LogP contribution is -2.41. The molecule has 0 N–H and O–H groups in total. The average molecular weight is 326 g/mol. The van der Waals surface area contributed by atoms with Gasteiger partial charge in [0.05, 0.1) is 21.0 Å². The summed E-state index contributed by atoms with van der Waals surface area (Å²) >= 11 is 1.73. The first-order valence-corrected chi connectivity index (χ1v) is 8.62. The second-order valence-corrected chi connectivity index (χ2v) is 8.03. The Morgan fingerprint density at radius 2 is 1.48 bits per heavy atom. The summed E-state index contributed by atoms with van der Waals surface area (Å²) in [5.74, 6) is 1.76. The van der Waals surface area contributed by atoms with Crippen LogP contribution in [-0.4, -0.2) is 18.3 Å². The molecule has 0 saturated carbocycles. The van der Waals surface area contributed by atoms with E-state index in [1.807, 2.05) is 24.3 Å². The molecule has 1 fully saturated rings. The molecule has 0 atom stereocenters. The zero-order chi connectivity index (χ0) is 16.2. The molecule has 0 unspecified atom stereocenters. The largest absolute Gasteiger partial charge is 0.494 e. The number of rotatable bonds is 1. The van der Waals surface area contributed by atoms with E-state index in [-0.39, 0.29) is 18.3 Å². The number of fused-ring (bicyclic) bond motifs is 2. The Balaban J connectivity index is 1.65. The van der Waals surface area contributed by atoms with E-state index in [2.05, 4.69) is 45.9 Å². The molecule has 23 heavy (non-hydrogen) atoms. The maximum atomic E-state index is 6.13. The molecule has 0 bridgehead atoms. The summed E-state index contributed by atoms with van der Waals surface area (Å²) in [5.41, 5.74) is 0.313. The highest BCUT2D eigenvalue weighted by Gasteiger charge is 2.51. The third-order valence-corrected chi connectivity index (χ3v) is 5.90. The molecule has 4 rings (SSSR count). The molecule has 2 heterocycles. The Bertz CT molecular complexity index is 757. The van der Waals surface area contributed by atoms with Crippen LogP contribution in [-0.2, 0) is 9.31 Å². The van der Waals surface area contributed by atoms with Crippen LogP contribution in [0.4, 0.5) is 0 Å². The number of para-hydroxylation sites is 1. The van der Waals surface area contributed by atoms with Crippen molar-refractivity contribution in [2.24, 2.45) is 0 Å². The van der Waals surface area contributed by atoms with Gasteiger partial charge in [0.25, 0.3) is 0 Å². The average Bonchev–Trinajstić information content (AvgIpc) is 2.73. The molecule has 0 spiro atoms. The van der Waals surface area contributed by atoms with Gasteiger partial charge in [0, 0.05) is 0 Å². The molecular weight excluding hydrogens is 307 g/mol. The van der Waals surface area contributed by atoms with E-state index < -0.39 is 0 Å². The first-order chi connectivity index (χ1) is 10.9. The molecule has 3 nitrogen and oxygen atoms in total. The van der Waals surface area contributed by atoms with Crippen molar-refractivity contribution in [2.75, 3.05) is 0 Å². The van der Waals surface area contributed by atoms with Crippen molar-refractivity contribution >= 4 is 24.3 Å². The fourth-order valence-corrected chi connectivity index (χ4v) is 3.60. The third-order valence-electron chi connectivity index (χ3n) is 4.78. The molecule has 1 saturated heterocycles. The van der Waals surface area contributed by atoms with Crippen LogP contribution in [0.1, 0.15) is 27.7 Å². The molecule has 0 amide bonds. The molecule has 2 aliphatic heterocycles. The molecular formula is C18H19BO3S. The molecule has 0 aromatic heterocycles. The van der Waals surface area contributed by atoms with Gasteiger partial charge >= 0.3 is 7.12 Å². The predicted octanol–water partition coefficient (Wildman–Crippen LogP) is 4.24. The highest BCUT2D eigenvalue weighted by atomic mass is 32.2. The number of hydrogen-bond acceptors (Lipinski definition) is 4. The first-order valence-electron chi connectivity index (χ1n) is 7.80. The lowest BCUT2D eigenvalue weighted by Gasteiger charge is -2.32. The van der Waals surface area contributed by atoms with E-state index in [1.165, 1.54) is 0 Å². The van der Waals surface area contributed by atoms with Gasteiger partial charge in [0.1, 0.15) is 11.5 Å². The summed E-state index contributed by atoms with van der Waals surface area (Å²) in [6.07, 6.45) is 0. The SMILES string of the molecule is CC1(C)OB(c2ccc3c(c2)Oc2ccccc2S3)OC1(C)C. The van der Waals surface area contributed by atoms with Gasteiger partial charge < -0.3 is 14.0 Å². The summed E-state index contributed by atoms with van der Waals surface area (Å²) in [4.78, 5) is 2.26. The Labute approximate surface area is 141 Å². The van der Waals surface area contributed by atoms with Crippen LogP contribution < -0.4 is 10.2 Å². The predicted molar refractivity (Wildman–Crippen MR) is 92.8 cm³/mol. The molecule has 0 radical (unpaired) electrons.